The van der Waals surface area contributed by atoms with Crippen LogP contribution >= 0.6 is 15.9 Å². The fourth-order valence-electron chi connectivity index (χ4n) is 3.09. The maximum atomic E-state index is 14.0. The number of piperidine rings is 1. The van der Waals surface area contributed by atoms with Gasteiger partial charge in [0.1, 0.15) is 0 Å². The summed E-state index contributed by atoms with van der Waals surface area (Å²) >= 11 is 3.23. The van der Waals surface area contributed by atoms with Crippen molar-refractivity contribution in [2.24, 2.45) is 11.8 Å². The number of pyridine rings is 1. The van der Waals surface area contributed by atoms with Crippen molar-refractivity contribution in [2.45, 2.75) is 25.7 Å². The van der Waals surface area contributed by atoms with E-state index in [0.717, 1.165) is 45.3 Å². The van der Waals surface area contributed by atoms with Crippen molar-refractivity contribution in [3.05, 3.63) is 22.6 Å². The molecule has 3 rings (SSSR count). The minimum Gasteiger partial charge on any atom is -0.354 e. The molecule has 1 saturated heterocycles. The normalized spacial score (nSPS) is 19.3. The zero-order valence-electron chi connectivity index (χ0n) is 12.8. The molecule has 22 heavy (non-hydrogen) atoms. The maximum Gasteiger partial charge on any atom is 0.225 e. The molecular weight excluding hydrogens is 349 g/mol. The molecule has 0 atom stereocenters. The van der Waals surface area contributed by atoms with E-state index in [1.54, 1.807) is 6.20 Å². The zero-order valence-corrected chi connectivity index (χ0v) is 14.4. The van der Waals surface area contributed by atoms with Crippen LogP contribution in [-0.4, -0.2) is 42.5 Å². The van der Waals surface area contributed by atoms with Crippen molar-refractivity contribution >= 4 is 27.7 Å². The Morgan fingerprint density at radius 3 is 2.68 bits per heavy atom. The highest BCUT2D eigenvalue weighted by Gasteiger charge is 2.33. The predicted molar refractivity (Wildman–Crippen MR) is 87.2 cm³/mol. The van der Waals surface area contributed by atoms with E-state index in [9.17, 15) is 9.18 Å². The number of carbonyl (C=O) groups excluding carboxylic acids is 1. The van der Waals surface area contributed by atoms with Gasteiger partial charge in [-0.3, -0.25) is 4.79 Å². The highest BCUT2D eigenvalue weighted by Crippen LogP contribution is 2.31. The molecule has 120 valence electrons. The predicted octanol–water partition coefficient (Wildman–Crippen LogP) is 3.07. The van der Waals surface area contributed by atoms with E-state index in [1.807, 2.05) is 16.8 Å². The van der Waals surface area contributed by atoms with E-state index < -0.39 is 0 Å². The van der Waals surface area contributed by atoms with E-state index in [1.165, 1.54) is 6.07 Å². The smallest absolute Gasteiger partial charge is 0.225 e. The van der Waals surface area contributed by atoms with E-state index in [-0.39, 0.29) is 11.7 Å². The van der Waals surface area contributed by atoms with Crippen molar-refractivity contribution in [1.82, 2.24) is 9.88 Å². The van der Waals surface area contributed by atoms with E-state index in [4.69, 9.17) is 0 Å². The van der Waals surface area contributed by atoms with Gasteiger partial charge in [-0.25, -0.2) is 9.37 Å². The van der Waals surface area contributed by atoms with Gasteiger partial charge in [-0.2, -0.15) is 0 Å². The van der Waals surface area contributed by atoms with Crippen LogP contribution in [0.3, 0.4) is 0 Å². The molecule has 0 radical (unpaired) electrons. The molecule has 0 spiro atoms. The Kier molecular flexibility index (Phi) is 4.66. The Labute approximate surface area is 138 Å². The third-order valence-electron chi connectivity index (χ3n) is 4.54. The molecular formula is C16H21BrFN3O. The van der Waals surface area contributed by atoms with Gasteiger partial charge in [0, 0.05) is 43.3 Å². The summed E-state index contributed by atoms with van der Waals surface area (Å²) in [6.07, 6.45) is 5.68. The lowest BCUT2D eigenvalue weighted by molar-refractivity contribution is -0.131. The Morgan fingerprint density at radius 2 is 2.09 bits per heavy atom. The molecule has 1 aromatic rings. The summed E-state index contributed by atoms with van der Waals surface area (Å²) in [6.45, 7) is 2.41. The second-order valence-corrected chi connectivity index (χ2v) is 7.30. The fourth-order valence-corrected chi connectivity index (χ4v) is 3.39. The van der Waals surface area contributed by atoms with Crippen LogP contribution < -0.4 is 4.90 Å². The van der Waals surface area contributed by atoms with Crippen LogP contribution in [0.2, 0.25) is 0 Å². The molecule has 1 amide bonds. The van der Waals surface area contributed by atoms with Gasteiger partial charge in [-0.1, -0.05) is 0 Å². The first-order chi connectivity index (χ1) is 10.5. The molecule has 2 fully saturated rings. The molecule has 1 aliphatic carbocycles. The largest absolute Gasteiger partial charge is 0.354 e. The van der Waals surface area contributed by atoms with Crippen LogP contribution in [0.4, 0.5) is 10.2 Å². The molecule has 1 saturated carbocycles. The second-order valence-electron chi connectivity index (χ2n) is 6.38. The van der Waals surface area contributed by atoms with Crippen LogP contribution in [0.25, 0.3) is 0 Å². The van der Waals surface area contributed by atoms with Crippen molar-refractivity contribution in [1.29, 1.82) is 0 Å². The number of halogens is 2. The molecule has 0 aromatic carbocycles. The summed E-state index contributed by atoms with van der Waals surface area (Å²) in [5.41, 5.74) is 0. The molecule has 0 unspecified atom stereocenters. The van der Waals surface area contributed by atoms with Gasteiger partial charge < -0.3 is 9.80 Å². The fraction of sp³-hybridized carbons (Fsp3) is 0.625. The molecule has 2 aliphatic rings. The summed E-state index contributed by atoms with van der Waals surface area (Å²) in [7, 11) is 1.91. The lowest BCUT2D eigenvalue weighted by atomic mass is 9.96. The second kappa shape index (κ2) is 6.52. The van der Waals surface area contributed by atoms with Crippen LogP contribution in [0.5, 0.6) is 0 Å². The minimum atomic E-state index is -0.283. The number of aromatic nitrogens is 1. The highest BCUT2D eigenvalue weighted by molar-refractivity contribution is 9.10. The Bertz CT molecular complexity index is 556. The number of anilines is 1. The lowest BCUT2D eigenvalue weighted by Gasteiger charge is -2.34. The van der Waals surface area contributed by atoms with Gasteiger partial charge in [-0.15, -0.1) is 0 Å². The first-order valence-corrected chi connectivity index (χ1v) is 8.65. The number of hydrogen-bond donors (Lipinski definition) is 0. The first-order valence-electron chi connectivity index (χ1n) is 7.85. The number of nitrogens with zero attached hydrogens (tertiary/aromatic N) is 3. The Balaban J connectivity index is 1.52. The van der Waals surface area contributed by atoms with Gasteiger partial charge in [0.15, 0.2) is 11.6 Å². The maximum absolute atomic E-state index is 14.0. The summed E-state index contributed by atoms with van der Waals surface area (Å²) in [4.78, 5) is 20.1. The molecule has 6 heteroatoms. The molecule has 0 N–H and O–H groups in total. The Morgan fingerprint density at radius 1 is 1.41 bits per heavy atom. The van der Waals surface area contributed by atoms with Gasteiger partial charge in [0.05, 0.1) is 0 Å². The van der Waals surface area contributed by atoms with E-state index in [2.05, 4.69) is 20.9 Å². The number of hydrogen-bond acceptors (Lipinski definition) is 3. The molecule has 1 aromatic heterocycles. The first kappa shape index (κ1) is 15.7. The number of rotatable bonds is 4. The van der Waals surface area contributed by atoms with Gasteiger partial charge in [-0.05, 0) is 53.6 Å². The van der Waals surface area contributed by atoms with Crippen LogP contribution in [0.1, 0.15) is 25.7 Å². The van der Waals surface area contributed by atoms with Crippen LogP contribution in [-0.2, 0) is 4.79 Å². The molecule has 2 heterocycles. The minimum absolute atomic E-state index is 0.283. The van der Waals surface area contributed by atoms with Gasteiger partial charge in [0.25, 0.3) is 0 Å². The van der Waals surface area contributed by atoms with E-state index >= 15 is 0 Å². The van der Waals surface area contributed by atoms with E-state index in [0.29, 0.717) is 22.1 Å². The van der Waals surface area contributed by atoms with Gasteiger partial charge >= 0.3 is 0 Å². The SMILES string of the molecule is CN(CC1CCN(c2ncc(Br)cc2F)CC1)C(=O)C1CC1. The number of carbonyl (C=O) groups is 1. The molecule has 1 aliphatic heterocycles. The third-order valence-corrected chi connectivity index (χ3v) is 4.97. The Hall–Kier alpha value is -1.17. The van der Waals surface area contributed by atoms with Crippen molar-refractivity contribution in [3.63, 3.8) is 0 Å². The average molecular weight is 370 g/mol. The van der Waals surface area contributed by atoms with Gasteiger partial charge in [0.2, 0.25) is 5.91 Å². The summed E-state index contributed by atoms with van der Waals surface area (Å²) in [6, 6.07) is 1.45. The number of amides is 1. The standard InChI is InChI=1S/C16H21BrFN3O/c1-20(16(22)12-2-3-12)10-11-4-6-21(7-5-11)15-14(18)8-13(17)9-19-15/h8-9,11-12H,2-7,10H2,1H3. The lowest BCUT2D eigenvalue weighted by Crippen LogP contribution is -2.40. The monoisotopic (exact) mass is 369 g/mol. The summed E-state index contributed by atoms with van der Waals surface area (Å²) in [5, 5.41) is 0. The zero-order chi connectivity index (χ0) is 15.7. The average Bonchev–Trinajstić information content (AvgIpc) is 3.32. The molecule has 0 bridgehead atoms. The van der Waals surface area contributed by atoms with Crippen LogP contribution in [0.15, 0.2) is 16.7 Å². The van der Waals surface area contributed by atoms with Crippen molar-refractivity contribution in [2.75, 3.05) is 31.6 Å². The summed E-state index contributed by atoms with van der Waals surface area (Å²) < 4.78 is 14.6. The van der Waals surface area contributed by atoms with Crippen molar-refractivity contribution in [3.8, 4) is 0 Å². The topological polar surface area (TPSA) is 36.4 Å². The summed E-state index contributed by atoms with van der Waals surface area (Å²) in [5.74, 6) is 1.23. The van der Waals surface area contributed by atoms with Crippen molar-refractivity contribution < 1.29 is 9.18 Å². The quantitative estimate of drug-likeness (QED) is 0.818. The molecule has 4 nitrogen and oxygen atoms in total. The highest BCUT2D eigenvalue weighted by atomic mass is 79.9. The van der Waals surface area contributed by atoms with Crippen LogP contribution in [0, 0.1) is 17.7 Å². The third kappa shape index (κ3) is 3.59.